The van der Waals surface area contributed by atoms with E-state index >= 15 is 0 Å². The lowest BCUT2D eigenvalue weighted by Gasteiger charge is -2.27. The first-order chi connectivity index (χ1) is 16.5. The second kappa shape index (κ2) is 9.08. The molecule has 4 aromatic rings. The minimum absolute atomic E-state index is 0.0304. The number of nitrogens with zero attached hydrogens (tertiary/aromatic N) is 2. The number of benzene rings is 2. The summed E-state index contributed by atoms with van der Waals surface area (Å²) in [6.07, 6.45) is 1.64. The van der Waals surface area contributed by atoms with Crippen LogP contribution in [-0.2, 0) is 4.74 Å². The van der Waals surface area contributed by atoms with E-state index in [1.807, 2.05) is 32.2 Å². The van der Waals surface area contributed by atoms with Crippen molar-refractivity contribution in [1.82, 2.24) is 14.9 Å². The van der Waals surface area contributed by atoms with E-state index in [-0.39, 0.29) is 11.5 Å². The number of H-pyrrole nitrogens is 1. The summed E-state index contributed by atoms with van der Waals surface area (Å²) in [5, 5.41) is 4.55. The van der Waals surface area contributed by atoms with Crippen molar-refractivity contribution >= 4 is 34.2 Å². The quantitative estimate of drug-likeness (QED) is 0.405. The van der Waals surface area contributed by atoms with Gasteiger partial charge < -0.3 is 19.9 Å². The molecule has 1 saturated heterocycles. The first kappa shape index (κ1) is 22.4. The molecule has 0 spiro atoms. The number of aromatic amines is 1. The Morgan fingerprint density at radius 1 is 1.15 bits per heavy atom. The number of amides is 1. The zero-order valence-electron chi connectivity index (χ0n) is 18.9. The molecule has 1 aliphatic rings. The number of carbonyl (C=O) groups excluding carboxylic acids is 1. The number of nitrogens with one attached hydrogen (secondary N) is 2. The summed E-state index contributed by atoms with van der Waals surface area (Å²) >= 11 is 6.62. The molecule has 0 saturated carbocycles. The SMILES string of the molecule is CNc1cc(-c2c(-c3ccc(F)c(C(=O)N4CCOCC4)c3)[nH]c3nccc(Cl)c23)ccc1C. The monoisotopic (exact) mass is 478 g/mol. The maximum atomic E-state index is 14.8. The molecule has 6 nitrogen and oxygen atoms in total. The predicted octanol–water partition coefficient (Wildman–Crippen LogP) is 5.51. The van der Waals surface area contributed by atoms with Crippen molar-refractivity contribution in [3.63, 3.8) is 0 Å². The van der Waals surface area contributed by atoms with Crippen LogP contribution >= 0.6 is 11.6 Å². The van der Waals surface area contributed by atoms with E-state index in [4.69, 9.17) is 16.3 Å². The van der Waals surface area contributed by atoms with Gasteiger partial charge in [-0.05, 0) is 53.9 Å². The highest BCUT2D eigenvalue weighted by atomic mass is 35.5. The van der Waals surface area contributed by atoms with Gasteiger partial charge in [0.15, 0.2) is 0 Å². The zero-order valence-corrected chi connectivity index (χ0v) is 19.7. The van der Waals surface area contributed by atoms with Crippen molar-refractivity contribution in [3.05, 3.63) is 70.6 Å². The Kier molecular flexibility index (Phi) is 5.98. The van der Waals surface area contributed by atoms with Gasteiger partial charge in [0, 0.05) is 43.0 Å². The van der Waals surface area contributed by atoms with E-state index in [1.165, 1.54) is 6.07 Å². The largest absolute Gasteiger partial charge is 0.388 e. The number of hydrogen-bond acceptors (Lipinski definition) is 4. The van der Waals surface area contributed by atoms with Gasteiger partial charge in [0.1, 0.15) is 11.5 Å². The van der Waals surface area contributed by atoms with E-state index in [9.17, 15) is 9.18 Å². The second-order valence-corrected chi connectivity index (χ2v) is 8.68. The maximum absolute atomic E-state index is 14.8. The van der Waals surface area contributed by atoms with Crippen LogP contribution in [0.2, 0.25) is 5.02 Å². The minimum Gasteiger partial charge on any atom is -0.388 e. The van der Waals surface area contributed by atoms with Crippen LogP contribution in [0.3, 0.4) is 0 Å². The molecule has 0 aliphatic carbocycles. The summed E-state index contributed by atoms with van der Waals surface area (Å²) in [6, 6.07) is 12.5. The van der Waals surface area contributed by atoms with Gasteiger partial charge in [-0.15, -0.1) is 0 Å². The minimum atomic E-state index is -0.554. The second-order valence-electron chi connectivity index (χ2n) is 8.27. The van der Waals surface area contributed by atoms with E-state index in [0.29, 0.717) is 42.5 Å². The van der Waals surface area contributed by atoms with Gasteiger partial charge in [-0.3, -0.25) is 4.79 Å². The number of rotatable bonds is 4. The molecule has 2 N–H and O–H groups in total. The fourth-order valence-corrected chi connectivity index (χ4v) is 4.65. The maximum Gasteiger partial charge on any atom is 0.257 e. The summed E-state index contributed by atoms with van der Waals surface area (Å²) in [4.78, 5) is 22.5. The molecule has 2 aromatic heterocycles. The van der Waals surface area contributed by atoms with E-state index < -0.39 is 5.82 Å². The smallest absolute Gasteiger partial charge is 0.257 e. The number of pyridine rings is 1. The Bertz CT molecular complexity index is 1400. The Balaban J connectivity index is 1.70. The Hall–Kier alpha value is -3.42. The van der Waals surface area contributed by atoms with Gasteiger partial charge in [-0.25, -0.2) is 9.37 Å². The first-order valence-electron chi connectivity index (χ1n) is 11.1. The Morgan fingerprint density at radius 3 is 2.68 bits per heavy atom. The van der Waals surface area contributed by atoms with Crippen LogP contribution in [0.25, 0.3) is 33.4 Å². The molecule has 34 heavy (non-hydrogen) atoms. The third kappa shape index (κ3) is 3.91. The van der Waals surface area contributed by atoms with E-state index in [0.717, 1.165) is 33.5 Å². The van der Waals surface area contributed by atoms with Gasteiger partial charge in [0.25, 0.3) is 5.91 Å². The third-order valence-corrected chi connectivity index (χ3v) is 6.54. The third-order valence-electron chi connectivity index (χ3n) is 6.22. The molecule has 0 unspecified atom stereocenters. The first-order valence-corrected chi connectivity index (χ1v) is 11.5. The molecule has 1 amide bonds. The predicted molar refractivity (Wildman–Crippen MR) is 133 cm³/mol. The Labute approximate surface area is 201 Å². The van der Waals surface area contributed by atoms with Crippen LogP contribution in [0.4, 0.5) is 10.1 Å². The van der Waals surface area contributed by atoms with Crippen molar-refractivity contribution in [2.45, 2.75) is 6.92 Å². The van der Waals surface area contributed by atoms with Crippen LogP contribution in [-0.4, -0.2) is 54.1 Å². The molecule has 1 fully saturated rings. The fourth-order valence-electron chi connectivity index (χ4n) is 4.41. The molecule has 174 valence electrons. The number of morpholine rings is 1. The molecule has 0 atom stereocenters. The molecular weight excluding hydrogens is 455 g/mol. The summed E-state index contributed by atoms with van der Waals surface area (Å²) in [7, 11) is 1.88. The molecule has 2 aromatic carbocycles. The standard InChI is InChI=1S/C26H24ClFN4O2/c1-15-3-4-16(14-21(15)29-2)22-23-19(27)7-8-30-25(23)31-24(22)17-5-6-20(28)18(13-17)26(33)32-9-11-34-12-10-32/h3-8,13-14,29H,9-12H2,1-2H3,(H,30,31). The number of carbonyl (C=O) groups is 1. The van der Waals surface area contributed by atoms with Crippen LogP contribution in [0, 0.1) is 12.7 Å². The summed E-state index contributed by atoms with van der Waals surface area (Å²) in [5.41, 5.74) is 5.91. The average Bonchev–Trinajstić information content (AvgIpc) is 3.26. The highest BCUT2D eigenvalue weighted by Crippen LogP contribution is 2.42. The number of ether oxygens (including phenoxy) is 1. The average molecular weight is 479 g/mol. The van der Waals surface area contributed by atoms with Crippen molar-refractivity contribution < 1.29 is 13.9 Å². The van der Waals surface area contributed by atoms with Gasteiger partial charge in [0.2, 0.25) is 0 Å². The van der Waals surface area contributed by atoms with E-state index in [1.54, 1.807) is 29.3 Å². The lowest BCUT2D eigenvalue weighted by Crippen LogP contribution is -2.41. The zero-order chi connectivity index (χ0) is 23.8. The molecule has 8 heteroatoms. The fraction of sp³-hybridized carbons (Fsp3) is 0.231. The molecule has 5 rings (SSSR count). The molecular formula is C26H24ClFN4O2. The van der Waals surface area contributed by atoms with Crippen molar-refractivity contribution in [2.75, 3.05) is 38.7 Å². The lowest BCUT2D eigenvalue weighted by molar-refractivity contribution is 0.0300. The highest BCUT2D eigenvalue weighted by Gasteiger charge is 2.24. The summed E-state index contributed by atoms with van der Waals surface area (Å²) in [6.45, 7) is 3.81. The number of hydrogen-bond donors (Lipinski definition) is 2. The topological polar surface area (TPSA) is 70.2 Å². The number of halogens is 2. The summed E-state index contributed by atoms with van der Waals surface area (Å²) in [5.74, 6) is -0.897. The lowest BCUT2D eigenvalue weighted by atomic mass is 9.96. The number of anilines is 1. The highest BCUT2D eigenvalue weighted by molar-refractivity contribution is 6.36. The van der Waals surface area contributed by atoms with Gasteiger partial charge in [-0.2, -0.15) is 0 Å². The van der Waals surface area contributed by atoms with E-state index in [2.05, 4.69) is 15.3 Å². The molecule has 0 bridgehead atoms. The van der Waals surface area contributed by atoms with Gasteiger partial charge >= 0.3 is 0 Å². The summed E-state index contributed by atoms with van der Waals surface area (Å²) < 4.78 is 20.1. The van der Waals surface area contributed by atoms with Gasteiger partial charge in [0.05, 0.1) is 29.5 Å². The number of aromatic nitrogens is 2. The van der Waals surface area contributed by atoms with Crippen molar-refractivity contribution in [1.29, 1.82) is 0 Å². The van der Waals surface area contributed by atoms with Crippen LogP contribution in [0.5, 0.6) is 0 Å². The van der Waals surface area contributed by atoms with Crippen molar-refractivity contribution in [2.24, 2.45) is 0 Å². The molecule has 1 aliphatic heterocycles. The van der Waals surface area contributed by atoms with Crippen LogP contribution in [0.1, 0.15) is 15.9 Å². The number of aryl methyl sites for hydroxylation is 1. The van der Waals surface area contributed by atoms with Crippen LogP contribution in [0.15, 0.2) is 48.7 Å². The molecule has 0 radical (unpaired) electrons. The number of fused-ring (bicyclic) bond motifs is 1. The normalized spacial score (nSPS) is 13.9. The molecule has 3 heterocycles. The van der Waals surface area contributed by atoms with Crippen LogP contribution < -0.4 is 5.32 Å². The van der Waals surface area contributed by atoms with Crippen molar-refractivity contribution in [3.8, 4) is 22.4 Å². The Morgan fingerprint density at radius 2 is 1.91 bits per heavy atom. The van der Waals surface area contributed by atoms with Gasteiger partial charge in [-0.1, -0.05) is 23.7 Å².